The molecule has 0 N–H and O–H groups in total. The van der Waals surface area contributed by atoms with Gasteiger partial charge >= 0.3 is 11.9 Å². The largest absolute Gasteiger partial charge is 0.469 e. The highest BCUT2D eigenvalue weighted by atomic mass is 16.5. The minimum Gasteiger partial charge on any atom is -0.469 e. The quantitative estimate of drug-likeness (QED) is 0.495. The Labute approximate surface area is 96.6 Å². The molecule has 0 amide bonds. The molecule has 0 radical (unpaired) electrons. The van der Waals surface area contributed by atoms with Crippen LogP contribution in [-0.2, 0) is 19.1 Å². The standard InChI is InChI=1S/C12H20O4/c1-10(6-4-8-11(13)15-2)7-5-9-12(14)16-3/h6H,4-5,7-9H2,1-3H3. The van der Waals surface area contributed by atoms with Crippen molar-refractivity contribution in [2.24, 2.45) is 0 Å². The third-order valence-electron chi connectivity index (χ3n) is 2.25. The number of methoxy groups -OCH3 is 2. The molecule has 0 saturated heterocycles. The monoisotopic (exact) mass is 228 g/mol. The highest BCUT2D eigenvalue weighted by molar-refractivity contribution is 5.69. The molecule has 0 atom stereocenters. The maximum atomic E-state index is 10.8. The fraction of sp³-hybridized carbons (Fsp3) is 0.667. The molecule has 0 aromatic carbocycles. The smallest absolute Gasteiger partial charge is 0.305 e. The first-order chi connectivity index (χ1) is 7.60. The average Bonchev–Trinajstić information content (AvgIpc) is 2.28. The SMILES string of the molecule is COC(=O)CCC=C(C)CCCC(=O)OC. The van der Waals surface area contributed by atoms with Gasteiger partial charge in [0.2, 0.25) is 0 Å². The number of allylic oxidation sites excluding steroid dienone is 2. The first kappa shape index (κ1) is 14.7. The van der Waals surface area contributed by atoms with E-state index in [0.717, 1.165) is 12.8 Å². The summed E-state index contributed by atoms with van der Waals surface area (Å²) >= 11 is 0. The third kappa shape index (κ3) is 8.03. The summed E-state index contributed by atoms with van der Waals surface area (Å²) in [5.41, 5.74) is 1.19. The van der Waals surface area contributed by atoms with E-state index in [1.165, 1.54) is 19.8 Å². The molecule has 0 bridgehead atoms. The van der Waals surface area contributed by atoms with Gasteiger partial charge in [0.15, 0.2) is 0 Å². The van der Waals surface area contributed by atoms with Crippen LogP contribution in [0.25, 0.3) is 0 Å². The molecule has 92 valence electrons. The number of carbonyl (C=O) groups excluding carboxylic acids is 2. The lowest BCUT2D eigenvalue weighted by atomic mass is 10.1. The van der Waals surface area contributed by atoms with Crippen molar-refractivity contribution in [1.29, 1.82) is 0 Å². The molecule has 0 aliphatic rings. The normalized spacial score (nSPS) is 11.1. The van der Waals surface area contributed by atoms with E-state index < -0.39 is 0 Å². The summed E-state index contributed by atoms with van der Waals surface area (Å²) in [6.07, 6.45) is 5.19. The molecule has 0 heterocycles. The van der Waals surface area contributed by atoms with Crippen molar-refractivity contribution in [2.45, 2.75) is 39.0 Å². The number of hydrogen-bond acceptors (Lipinski definition) is 4. The molecule has 0 saturated carbocycles. The number of carbonyl (C=O) groups is 2. The molecule has 0 aromatic rings. The minimum atomic E-state index is -0.196. The molecule has 0 aliphatic heterocycles. The van der Waals surface area contributed by atoms with E-state index in [9.17, 15) is 9.59 Å². The second kappa shape index (κ2) is 8.95. The van der Waals surface area contributed by atoms with E-state index in [2.05, 4.69) is 9.47 Å². The predicted octanol–water partition coefficient (Wildman–Crippen LogP) is 2.23. The van der Waals surface area contributed by atoms with Gasteiger partial charge in [-0.3, -0.25) is 9.59 Å². The van der Waals surface area contributed by atoms with Crippen molar-refractivity contribution in [1.82, 2.24) is 0 Å². The third-order valence-corrected chi connectivity index (χ3v) is 2.25. The molecule has 0 rings (SSSR count). The Hall–Kier alpha value is -1.32. The molecule has 0 aromatic heterocycles. The Morgan fingerprint density at radius 3 is 2.12 bits per heavy atom. The van der Waals surface area contributed by atoms with E-state index in [4.69, 9.17) is 0 Å². The Kier molecular flexibility index (Phi) is 8.21. The van der Waals surface area contributed by atoms with Crippen LogP contribution in [-0.4, -0.2) is 26.2 Å². The summed E-state index contributed by atoms with van der Waals surface area (Å²) < 4.78 is 9.07. The fourth-order valence-corrected chi connectivity index (χ4v) is 1.25. The van der Waals surface area contributed by atoms with Crippen molar-refractivity contribution in [2.75, 3.05) is 14.2 Å². The van der Waals surface area contributed by atoms with Crippen LogP contribution in [0.5, 0.6) is 0 Å². The van der Waals surface area contributed by atoms with Gasteiger partial charge in [-0.05, 0) is 26.2 Å². The Morgan fingerprint density at radius 2 is 1.56 bits per heavy atom. The molecule has 0 spiro atoms. The molecular weight excluding hydrogens is 208 g/mol. The maximum absolute atomic E-state index is 10.8. The summed E-state index contributed by atoms with van der Waals surface area (Å²) in [6.45, 7) is 1.99. The van der Waals surface area contributed by atoms with E-state index in [-0.39, 0.29) is 11.9 Å². The number of rotatable bonds is 7. The lowest BCUT2D eigenvalue weighted by molar-refractivity contribution is -0.141. The predicted molar refractivity (Wildman–Crippen MR) is 60.9 cm³/mol. The van der Waals surface area contributed by atoms with Crippen LogP contribution in [0, 0.1) is 0 Å². The molecule has 4 nitrogen and oxygen atoms in total. The van der Waals surface area contributed by atoms with Crippen LogP contribution in [0.4, 0.5) is 0 Å². The summed E-state index contributed by atoms with van der Waals surface area (Å²) in [7, 11) is 2.77. The summed E-state index contributed by atoms with van der Waals surface area (Å²) in [6, 6.07) is 0. The molecule has 4 heteroatoms. The van der Waals surface area contributed by atoms with Crippen LogP contribution < -0.4 is 0 Å². The second-order valence-electron chi connectivity index (χ2n) is 3.59. The van der Waals surface area contributed by atoms with Gasteiger partial charge in [0.25, 0.3) is 0 Å². The lowest BCUT2D eigenvalue weighted by Crippen LogP contribution is -2.00. The minimum absolute atomic E-state index is 0.178. The van der Waals surface area contributed by atoms with Crippen LogP contribution in [0.3, 0.4) is 0 Å². The second-order valence-corrected chi connectivity index (χ2v) is 3.59. The fourth-order valence-electron chi connectivity index (χ4n) is 1.25. The molecule has 16 heavy (non-hydrogen) atoms. The first-order valence-electron chi connectivity index (χ1n) is 5.39. The molecule has 0 aliphatic carbocycles. The van der Waals surface area contributed by atoms with Crippen molar-refractivity contribution in [3.8, 4) is 0 Å². The Bertz CT molecular complexity index is 256. The summed E-state index contributed by atoms with van der Waals surface area (Å²) in [5, 5.41) is 0. The van der Waals surface area contributed by atoms with Gasteiger partial charge in [-0.15, -0.1) is 0 Å². The highest BCUT2D eigenvalue weighted by Crippen LogP contribution is 2.09. The van der Waals surface area contributed by atoms with Crippen LogP contribution in [0.1, 0.15) is 39.0 Å². The highest BCUT2D eigenvalue weighted by Gasteiger charge is 2.00. The zero-order valence-electron chi connectivity index (χ0n) is 10.2. The van der Waals surface area contributed by atoms with Crippen molar-refractivity contribution in [3.63, 3.8) is 0 Å². The van der Waals surface area contributed by atoms with Crippen molar-refractivity contribution < 1.29 is 19.1 Å². The van der Waals surface area contributed by atoms with Gasteiger partial charge in [-0.25, -0.2) is 0 Å². The summed E-state index contributed by atoms with van der Waals surface area (Å²) in [5.74, 6) is -0.374. The number of ether oxygens (including phenoxy) is 2. The van der Waals surface area contributed by atoms with E-state index in [0.29, 0.717) is 19.3 Å². The van der Waals surface area contributed by atoms with Crippen molar-refractivity contribution in [3.05, 3.63) is 11.6 Å². The molecule has 0 fully saturated rings. The van der Waals surface area contributed by atoms with E-state index in [1.54, 1.807) is 0 Å². The Morgan fingerprint density at radius 1 is 1.00 bits per heavy atom. The first-order valence-corrected chi connectivity index (χ1v) is 5.39. The molecule has 0 unspecified atom stereocenters. The zero-order valence-corrected chi connectivity index (χ0v) is 10.2. The van der Waals surface area contributed by atoms with Crippen LogP contribution in [0.2, 0.25) is 0 Å². The summed E-state index contributed by atoms with van der Waals surface area (Å²) in [4.78, 5) is 21.7. The number of hydrogen-bond donors (Lipinski definition) is 0. The van der Waals surface area contributed by atoms with Gasteiger partial charge in [-0.2, -0.15) is 0 Å². The number of esters is 2. The van der Waals surface area contributed by atoms with E-state index >= 15 is 0 Å². The van der Waals surface area contributed by atoms with Gasteiger partial charge in [0.1, 0.15) is 0 Å². The van der Waals surface area contributed by atoms with Gasteiger partial charge in [-0.1, -0.05) is 11.6 Å². The van der Waals surface area contributed by atoms with Crippen molar-refractivity contribution >= 4 is 11.9 Å². The van der Waals surface area contributed by atoms with E-state index in [1.807, 2.05) is 13.0 Å². The van der Waals surface area contributed by atoms with Gasteiger partial charge < -0.3 is 9.47 Å². The lowest BCUT2D eigenvalue weighted by Gasteiger charge is -2.01. The van der Waals surface area contributed by atoms with Crippen LogP contribution >= 0.6 is 0 Å². The van der Waals surface area contributed by atoms with Gasteiger partial charge in [0, 0.05) is 12.8 Å². The van der Waals surface area contributed by atoms with Crippen LogP contribution in [0.15, 0.2) is 11.6 Å². The molecular formula is C12H20O4. The van der Waals surface area contributed by atoms with Gasteiger partial charge in [0.05, 0.1) is 14.2 Å². The Balaban J connectivity index is 3.63. The topological polar surface area (TPSA) is 52.6 Å². The average molecular weight is 228 g/mol. The zero-order chi connectivity index (χ0) is 12.4. The maximum Gasteiger partial charge on any atom is 0.305 e.